The summed E-state index contributed by atoms with van der Waals surface area (Å²) in [6.45, 7) is 10.6. The maximum absolute atomic E-state index is 3.78. The summed E-state index contributed by atoms with van der Waals surface area (Å²) in [7, 11) is 2.29. The molecule has 3 nitrogen and oxygen atoms in total. The highest BCUT2D eigenvalue weighted by Crippen LogP contribution is 2.33. The predicted molar refractivity (Wildman–Crippen MR) is 91.8 cm³/mol. The van der Waals surface area contributed by atoms with Gasteiger partial charge in [0.2, 0.25) is 0 Å². The molecule has 3 heteroatoms. The van der Waals surface area contributed by atoms with Crippen molar-refractivity contribution >= 4 is 0 Å². The maximum Gasteiger partial charge on any atom is 0.0115 e. The van der Waals surface area contributed by atoms with Crippen molar-refractivity contribution in [2.45, 2.75) is 89.9 Å². The van der Waals surface area contributed by atoms with Gasteiger partial charge in [-0.05, 0) is 59.0 Å². The number of likely N-dealkylation sites (N-methyl/N-ethyl adjacent to an activating group) is 1. The molecule has 0 spiro atoms. The molecule has 21 heavy (non-hydrogen) atoms. The molecule has 2 heterocycles. The van der Waals surface area contributed by atoms with E-state index in [-0.39, 0.29) is 0 Å². The SMILES string of the molecule is CCCNC1CC2CCCC(C1)N2CCN(C)C(C)CC. The lowest BCUT2D eigenvalue weighted by Crippen LogP contribution is -2.57. The Bertz CT molecular complexity index is 280. The zero-order chi connectivity index (χ0) is 15.2. The van der Waals surface area contributed by atoms with Crippen LogP contribution in [0.4, 0.5) is 0 Å². The average Bonchev–Trinajstić information content (AvgIpc) is 2.49. The van der Waals surface area contributed by atoms with Crippen molar-refractivity contribution in [3.8, 4) is 0 Å². The molecule has 124 valence electrons. The van der Waals surface area contributed by atoms with Gasteiger partial charge in [-0.15, -0.1) is 0 Å². The minimum absolute atomic E-state index is 0.716. The highest BCUT2D eigenvalue weighted by Gasteiger charge is 2.37. The van der Waals surface area contributed by atoms with Crippen LogP contribution in [0.2, 0.25) is 0 Å². The first kappa shape index (κ1) is 17.2. The van der Waals surface area contributed by atoms with Gasteiger partial charge in [0, 0.05) is 37.3 Å². The Morgan fingerprint density at radius 3 is 2.43 bits per heavy atom. The number of hydrogen-bond donors (Lipinski definition) is 1. The zero-order valence-corrected chi connectivity index (χ0v) is 14.8. The lowest BCUT2D eigenvalue weighted by Gasteiger charge is -2.49. The van der Waals surface area contributed by atoms with Crippen LogP contribution in [0.1, 0.15) is 65.7 Å². The Labute approximate surface area is 132 Å². The molecule has 2 bridgehead atoms. The summed E-state index contributed by atoms with van der Waals surface area (Å²) in [4.78, 5) is 5.39. The van der Waals surface area contributed by atoms with Crippen LogP contribution in [0.3, 0.4) is 0 Å². The molecule has 2 aliphatic heterocycles. The third-order valence-corrected chi connectivity index (χ3v) is 5.86. The van der Waals surface area contributed by atoms with Crippen LogP contribution in [-0.2, 0) is 0 Å². The standard InChI is InChI=1S/C18H37N3/c1-5-10-19-16-13-17-8-7-9-18(14-16)21(17)12-11-20(4)15(3)6-2/h15-19H,5-14H2,1-4H3. The van der Waals surface area contributed by atoms with Gasteiger partial charge in [0.05, 0.1) is 0 Å². The molecule has 0 aromatic rings. The minimum Gasteiger partial charge on any atom is -0.314 e. The van der Waals surface area contributed by atoms with E-state index in [2.05, 4.69) is 42.9 Å². The van der Waals surface area contributed by atoms with Crippen molar-refractivity contribution < 1.29 is 0 Å². The van der Waals surface area contributed by atoms with Crippen molar-refractivity contribution in [3.05, 3.63) is 0 Å². The van der Waals surface area contributed by atoms with Crippen LogP contribution in [0.25, 0.3) is 0 Å². The monoisotopic (exact) mass is 295 g/mol. The molecule has 0 aromatic heterocycles. The van der Waals surface area contributed by atoms with Gasteiger partial charge in [-0.1, -0.05) is 20.3 Å². The van der Waals surface area contributed by atoms with Crippen molar-refractivity contribution in [1.29, 1.82) is 0 Å². The number of nitrogens with zero attached hydrogens (tertiary/aromatic N) is 2. The largest absolute Gasteiger partial charge is 0.314 e. The lowest BCUT2D eigenvalue weighted by molar-refractivity contribution is 0.0166. The number of nitrogens with one attached hydrogen (secondary N) is 1. The predicted octanol–water partition coefficient (Wildman–Crippen LogP) is 3.10. The van der Waals surface area contributed by atoms with Gasteiger partial charge in [-0.25, -0.2) is 0 Å². The quantitative estimate of drug-likeness (QED) is 0.742. The highest BCUT2D eigenvalue weighted by atomic mass is 15.2. The van der Waals surface area contributed by atoms with Gasteiger partial charge in [0.1, 0.15) is 0 Å². The first-order valence-corrected chi connectivity index (χ1v) is 9.35. The molecular weight excluding hydrogens is 258 g/mol. The van der Waals surface area contributed by atoms with Crippen molar-refractivity contribution in [2.24, 2.45) is 0 Å². The summed E-state index contributed by atoms with van der Waals surface area (Å²) in [6, 6.07) is 3.19. The second kappa shape index (κ2) is 8.50. The molecule has 0 saturated carbocycles. The van der Waals surface area contributed by atoms with E-state index in [1.165, 1.54) is 64.6 Å². The molecular formula is C18H37N3. The summed E-state index contributed by atoms with van der Waals surface area (Å²) < 4.78 is 0. The Balaban J connectivity index is 1.83. The van der Waals surface area contributed by atoms with Crippen molar-refractivity contribution in [1.82, 2.24) is 15.1 Å². The lowest BCUT2D eigenvalue weighted by atomic mass is 9.81. The number of fused-ring (bicyclic) bond motifs is 2. The highest BCUT2D eigenvalue weighted by molar-refractivity contribution is 4.95. The van der Waals surface area contributed by atoms with E-state index in [0.717, 1.165) is 18.1 Å². The Morgan fingerprint density at radius 1 is 1.19 bits per heavy atom. The second-order valence-corrected chi connectivity index (χ2v) is 7.34. The summed E-state index contributed by atoms with van der Waals surface area (Å²) in [6.07, 6.45) is 9.57. The van der Waals surface area contributed by atoms with Gasteiger partial charge in [0.25, 0.3) is 0 Å². The average molecular weight is 296 g/mol. The molecule has 0 radical (unpaired) electrons. The molecule has 1 N–H and O–H groups in total. The molecule has 0 amide bonds. The Hall–Kier alpha value is -0.120. The number of hydrogen-bond acceptors (Lipinski definition) is 3. The van der Waals surface area contributed by atoms with E-state index in [1.54, 1.807) is 0 Å². The summed E-state index contributed by atoms with van der Waals surface area (Å²) >= 11 is 0. The third-order valence-electron chi connectivity index (χ3n) is 5.86. The van der Waals surface area contributed by atoms with Crippen LogP contribution in [0.15, 0.2) is 0 Å². The second-order valence-electron chi connectivity index (χ2n) is 7.34. The van der Waals surface area contributed by atoms with E-state index in [0.29, 0.717) is 6.04 Å². The molecule has 3 atom stereocenters. The minimum atomic E-state index is 0.716. The Morgan fingerprint density at radius 2 is 1.86 bits per heavy atom. The van der Waals surface area contributed by atoms with Gasteiger partial charge in [0.15, 0.2) is 0 Å². The van der Waals surface area contributed by atoms with E-state index < -0.39 is 0 Å². The molecule has 2 saturated heterocycles. The number of rotatable bonds is 8. The summed E-state index contributed by atoms with van der Waals surface area (Å²) in [5.41, 5.74) is 0. The fraction of sp³-hybridized carbons (Fsp3) is 1.00. The van der Waals surface area contributed by atoms with Gasteiger partial charge in [-0.3, -0.25) is 4.90 Å². The summed E-state index contributed by atoms with van der Waals surface area (Å²) in [5.74, 6) is 0. The van der Waals surface area contributed by atoms with E-state index in [9.17, 15) is 0 Å². The van der Waals surface area contributed by atoms with Gasteiger partial charge >= 0.3 is 0 Å². The van der Waals surface area contributed by atoms with E-state index >= 15 is 0 Å². The zero-order valence-electron chi connectivity index (χ0n) is 14.8. The summed E-state index contributed by atoms with van der Waals surface area (Å²) in [5, 5.41) is 3.78. The molecule has 0 aromatic carbocycles. The maximum atomic E-state index is 3.78. The van der Waals surface area contributed by atoms with Crippen LogP contribution < -0.4 is 5.32 Å². The van der Waals surface area contributed by atoms with Crippen molar-refractivity contribution in [2.75, 3.05) is 26.7 Å². The van der Waals surface area contributed by atoms with Crippen LogP contribution in [0, 0.1) is 0 Å². The van der Waals surface area contributed by atoms with Crippen LogP contribution in [0.5, 0.6) is 0 Å². The van der Waals surface area contributed by atoms with Crippen LogP contribution in [-0.4, -0.2) is 60.6 Å². The van der Waals surface area contributed by atoms with Gasteiger partial charge in [-0.2, -0.15) is 0 Å². The molecule has 0 aliphatic carbocycles. The molecule has 3 unspecified atom stereocenters. The fourth-order valence-corrected chi connectivity index (χ4v) is 4.16. The smallest absolute Gasteiger partial charge is 0.0115 e. The fourth-order valence-electron chi connectivity index (χ4n) is 4.16. The Kier molecular flexibility index (Phi) is 6.97. The molecule has 2 rings (SSSR count). The first-order chi connectivity index (χ1) is 10.2. The molecule has 2 aliphatic rings. The van der Waals surface area contributed by atoms with Crippen molar-refractivity contribution in [3.63, 3.8) is 0 Å². The van der Waals surface area contributed by atoms with Gasteiger partial charge < -0.3 is 10.2 Å². The van der Waals surface area contributed by atoms with E-state index in [1.807, 2.05) is 0 Å². The molecule has 2 fully saturated rings. The van der Waals surface area contributed by atoms with E-state index in [4.69, 9.17) is 0 Å². The van der Waals surface area contributed by atoms with Crippen LogP contribution >= 0.6 is 0 Å². The normalized spacial score (nSPS) is 31.6. The number of piperidine rings is 2. The third kappa shape index (κ3) is 4.67. The topological polar surface area (TPSA) is 18.5 Å². The first-order valence-electron chi connectivity index (χ1n) is 9.35.